The number of hydrogen-bond donors (Lipinski definition) is 3. The molecule has 0 aliphatic heterocycles. The fourth-order valence-electron chi connectivity index (χ4n) is 2.27. The number of aryl methyl sites for hydroxylation is 1. The third-order valence-electron chi connectivity index (χ3n) is 3.47. The molecule has 0 unspecified atom stereocenters. The molecule has 1 aliphatic rings. The minimum Gasteiger partial charge on any atom is -0.396 e. The molecule has 6 heteroatoms. The Hall–Kier alpha value is -1.40. The summed E-state index contributed by atoms with van der Waals surface area (Å²) in [5.74, 6) is -0.0906. The number of hydrogen-bond acceptors (Lipinski definition) is 4. The molecule has 6 nitrogen and oxygen atoms in total. The van der Waals surface area contributed by atoms with Crippen LogP contribution in [0.2, 0.25) is 0 Å². The number of nitrogens with zero attached hydrogens (tertiary/aromatic N) is 1. The van der Waals surface area contributed by atoms with Gasteiger partial charge in [0.25, 0.3) is 5.56 Å². The number of rotatable bonds is 3. The van der Waals surface area contributed by atoms with Crippen LogP contribution in [0, 0.1) is 18.8 Å². The molecule has 17 heavy (non-hydrogen) atoms. The normalized spacial score (nSPS) is 27.8. The summed E-state index contributed by atoms with van der Waals surface area (Å²) >= 11 is 0. The Balaban J connectivity index is 2.17. The Labute approximate surface area is 97.5 Å². The Morgan fingerprint density at radius 1 is 1.53 bits per heavy atom. The van der Waals surface area contributed by atoms with Crippen LogP contribution < -0.4 is 11.2 Å². The maximum Gasteiger partial charge on any atom is 0.328 e. The zero-order chi connectivity index (χ0) is 12.6. The van der Waals surface area contributed by atoms with Gasteiger partial charge in [0.2, 0.25) is 0 Å². The Bertz CT molecular complexity index is 519. The van der Waals surface area contributed by atoms with Gasteiger partial charge in [-0.15, -0.1) is 0 Å². The van der Waals surface area contributed by atoms with E-state index in [1.807, 2.05) is 0 Å². The fraction of sp³-hybridized carbons (Fsp3) is 0.636. The fourth-order valence-corrected chi connectivity index (χ4v) is 2.27. The van der Waals surface area contributed by atoms with Gasteiger partial charge in [0.15, 0.2) is 0 Å². The second-order valence-corrected chi connectivity index (χ2v) is 4.63. The molecule has 1 aromatic rings. The molecule has 1 aromatic heterocycles. The van der Waals surface area contributed by atoms with Gasteiger partial charge in [-0.25, -0.2) is 4.79 Å². The summed E-state index contributed by atoms with van der Waals surface area (Å²) in [4.78, 5) is 24.9. The molecule has 1 fully saturated rings. The number of aromatic nitrogens is 2. The van der Waals surface area contributed by atoms with Gasteiger partial charge in [0.1, 0.15) is 0 Å². The van der Waals surface area contributed by atoms with Crippen molar-refractivity contribution in [1.82, 2.24) is 9.55 Å². The van der Waals surface area contributed by atoms with Gasteiger partial charge in [-0.1, -0.05) is 0 Å². The summed E-state index contributed by atoms with van der Waals surface area (Å²) in [5, 5.41) is 18.5. The Morgan fingerprint density at radius 2 is 2.24 bits per heavy atom. The lowest BCUT2D eigenvalue weighted by Gasteiger charge is -2.40. The third kappa shape index (κ3) is 2.18. The summed E-state index contributed by atoms with van der Waals surface area (Å²) in [5.41, 5.74) is -0.345. The van der Waals surface area contributed by atoms with Crippen molar-refractivity contribution in [3.8, 4) is 0 Å². The average molecular weight is 240 g/mol. The predicted octanol–water partition coefficient (Wildman–Crippen LogP) is -1.17. The Morgan fingerprint density at radius 3 is 2.82 bits per heavy atom. The maximum atomic E-state index is 11.5. The van der Waals surface area contributed by atoms with Crippen LogP contribution in [0.5, 0.6) is 0 Å². The number of H-pyrrole nitrogens is 1. The van der Waals surface area contributed by atoms with E-state index in [9.17, 15) is 14.7 Å². The van der Waals surface area contributed by atoms with E-state index in [1.54, 1.807) is 6.92 Å². The molecule has 0 spiro atoms. The average Bonchev–Trinajstić information content (AvgIpc) is 2.25. The number of aromatic amines is 1. The van der Waals surface area contributed by atoms with Crippen LogP contribution in [-0.2, 0) is 6.54 Å². The highest BCUT2D eigenvalue weighted by Gasteiger charge is 2.39. The van der Waals surface area contributed by atoms with Crippen molar-refractivity contribution in [2.45, 2.75) is 26.0 Å². The van der Waals surface area contributed by atoms with Crippen molar-refractivity contribution in [2.75, 3.05) is 6.61 Å². The van der Waals surface area contributed by atoms with Gasteiger partial charge in [-0.2, -0.15) is 0 Å². The SMILES string of the molecule is Cc1cn(C[C@@H]2C[C@H](O)[C@@H]2CO)c(=O)[nH]c1=O. The van der Waals surface area contributed by atoms with Gasteiger partial charge in [-0.3, -0.25) is 9.78 Å². The topological polar surface area (TPSA) is 95.3 Å². The van der Waals surface area contributed by atoms with Crippen LogP contribution in [0.3, 0.4) is 0 Å². The first-order valence-electron chi connectivity index (χ1n) is 5.62. The molecule has 1 saturated carbocycles. The first-order valence-corrected chi connectivity index (χ1v) is 5.62. The second-order valence-electron chi connectivity index (χ2n) is 4.63. The molecular weight excluding hydrogens is 224 g/mol. The highest BCUT2D eigenvalue weighted by atomic mass is 16.3. The highest BCUT2D eigenvalue weighted by Crippen LogP contribution is 2.35. The highest BCUT2D eigenvalue weighted by molar-refractivity contribution is 5.01. The van der Waals surface area contributed by atoms with E-state index < -0.39 is 11.8 Å². The first-order chi connectivity index (χ1) is 8.02. The largest absolute Gasteiger partial charge is 0.396 e. The van der Waals surface area contributed by atoms with Crippen LogP contribution in [-0.4, -0.2) is 32.5 Å². The van der Waals surface area contributed by atoms with Crippen molar-refractivity contribution in [2.24, 2.45) is 11.8 Å². The lowest BCUT2D eigenvalue weighted by molar-refractivity contribution is -0.0660. The van der Waals surface area contributed by atoms with Crippen LogP contribution >= 0.6 is 0 Å². The molecule has 3 atom stereocenters. The summed E-state index contributed by atoms with van der Waals surface area (Å²) in [6.07, 6.45) is 1.61. The van der Waals surface area contributed by atoms with Crippen LogP contribution in [0.15, 0.2) is 15.8 Å². The number of nitrogens with one attached hydrogen (secondary N) is 1. The molecule has 0 radical (unpaired) electrons. The monoisotopic (exact) mass is 240 g/mol. The molecule has 2 rings (SSSR count). The standard InChI is InChI=1S/C11H16N2O4/c1-6-3-13(11(17)12-10(6)16)4-7-2-9(15)8(7)5-14/h3,7-9,14-15H,2,4-5H2,1H3,(H,12,16,17)/t7-,8+,9-/m0/s1. The van der Waals surface area contributed by atoms with E-state index in [-0.39, 0.29) is 24.0 Å². The van der Waals surface area contributed by atoms with E-state index in [0.29, 0.717) is 18.5 Å². The molecule has 1 aliphatic carbocycles. The van der Waals surface area contributed by atoms with Gasteiger partial charge >= 0.3 is 5.69 Å². The molecule has 0 amide bonds. The van der Waals surface area contributed by atoms with Crippen molar-refractivity contribution in [1.29, 1.82) is 0 Å². The molecule has 1 heterocycles. The first kappa shape index (κ1) is 12.1. The van der Waals surface area contributed by atoms with Gasteiger partial charge in [0, 0.05) is 30.8 Å². The maximum absolute atomic E-state index is 11.5. The molecule has 3 N–H and O–H groups in total. The molecule has 94 valence electrons. The zero-order valence-electron chi connectivity index (χ0n) is 9.59. The van der Waals surface area contributed by atoms with Crippen molar-refractivity contribution in [3.63, 3.8) is 0 Å². The van der Waals surface area contributed by atoms with Gasteiger partial charge in [0.05, 0.1) is 6.10 Å². The molecule has 0 aromatic carbocycles. The summed E-state index contributed by atoms with van der Waals surface area (Å²) in [6.45, 7) is 1.97. The third-order valence-corrected chi connectivity index (χ3v) is 3.47. The molecule has 0 saturated heterocycles. The van der Waals surface area contributed by atoms with Crippen molar-refractivity contribution >= 4 is 0 Å². The van der Waals surface area contributed by atoms with Crippen LogP contribution in [0.25, 0.3) is 0 Å². The lowest BCUT2D eigenvalue weighted by atomic mass is 9.71. The Kier molecular flexibility index (Phi) is 3.17. The molecule has 0 bridgehead atoms. The van der Waals surface area contributed by atoms with Gasteiger partial charge < -0.3 is 14.8 Å². The van der Waals surface area contributed by atoms with Crippen LogP contribution in [0.1, 0.15) is 12.0 Å². The minimum absolute atomic E-state index is 0.0804. The van der Waals surface area contributed by atoms with E-state index in [0.717, 1.165) is 0 Å². The van der Waals surface area contributed by atoms with E-state index in [1.165, 1.54) is 10.8 Å². The van der Waals surface area contributed by atoms with E-state index in [4.69, 9.17) is 5.11 Å². The van der Waals surface area contributed by atoms with Crippen LogP contribution in [0.4, 0.5) is 0 Å². The van der Waals surface area contributed by atoms with Crippen molar-refractivity contribution < 1.29 is 10.2 Å². The minimum atomic E-state index is -0.482. The van der Waals surface area contributed by atoms with Gasteiger partial charge in [-0.05, 0) is 19.3 Å². The quantitative estimate of drug-likeness (QED) is 0.620. The smallest absolute Gasteiger partial charge is 0.328 e. The number of aliphatic hydroxyl groups excluding tert-OH is 2. The molecular formula is C11H16N2O4. The lowest BCUT2D eigenvalue weighted by Crippen LogP contribution is -2.47. The summed E-state index contributed by atoms with van der Waals surface area (Å²) in [7, 11) is 0. The summed E-state index contributed by atoms with van der Waals surface area (Å²) < 4.78 is 1.43. The predicted molar refractivity (Wildman–Crippen MR) is 60.7 cm³/mol. The summed E-state index contributed by atoms with van der Waals surface area (Å²) in [6, 6.07) is 0. The number of aliphatic hydroxyl groups is 2. The zero-order valence-corrected chi connectivity index (χ0v) is 9.59. The van der Waals surface area contributed by atoms with Crippen molar-refractivity contribution in [3.05, 3.63) is 32.6 Å². The second kappa shape index (κ2) is 4.46. The van der Waals surface area contributed by atoms with E-state index >= 15 is 0 Å². The van der Waals surface area contributed by atoms with E-state index in [2.05, 4.69) is 4.98 Å².